The molecule has 0 aliphatic rings. The quantitative estimate of drug-likeness (QED) is 0.760. The maximum atomic E-state index is 12.3. The highest BCUT2D eigenvalue weighted by Crippen LogP contribution is 2.15. The van der Waals surface area contributed by atoms with Gasteiger partial charge in [-0.25, -0.2) is 14.3 Å². The first-order valence-electron chi connectivity index (χ1n) is 8.36. The highest BCUT2D eigenvalue weighted by molar-refractivity contribution is 5.84. The minimum absolute atomic E-state index is 0.187. The van der Waals surface area contributed by atoms with E-state index in [0.29, 0.717) is 18.6 Å². The van der Waals surface area contributed by atoms with Crippen LogP contribution in [0, 0.1) is 19.8 Å². The Morgan fingerprint density at radius 1 is 1.32 bits per heavy atom. The third kappa shape index (κ3) is 4.52. The predicted octanol–water partition coefficient (Wildman–Crippen LogP) is 1.38. The fourth-order valence-electron chi connectivity index (χ4n) is 2.85. The Balaban J connectivity index is 2.05. The number of fused-ring (bicyclic) bond motifs is 1. The van der Waals surface area contributed by atoms with Crippen LogP contribution in [0.15, 0.2) is 6.33 Å². The van der Waals surface area contributed by atoms with Crippen molar-refractivity contribution in [2.24, 2.45) is 5.92 Å². The van der Waals surface area contributed by atoms with Crippen molar-refractivity contribution in [2.45, 2.75) is 53.0 Å². The largest absolute Gasteiger partial charge is 0.467 e. The van der Waals surface area contributed by atoms with Crippen LogP contribution in [0.5, 0.6) is 0 Å². The van der Waals surface area contributed by atoms with Crippen molar-refractivity contribution in [2.75, 3.05) is 7.11 Å². The average Bonchev–Trinajstić information content (AvgIpc) is 3.01. The second kappa shape index (κ2) is 8.04. The fraction of sp³-hybridized carbons (Fsp3) is 0.588. The zero-order chi connectivity index (χ0) is 18.6. The molecule has 0 bridgehead atoms. The zero-order valence-corrected chi connectivity index (χ0v) is 15.4. The fourth-order valence-corrected chi connectivity index (χ4v) is 2.85. The standard InChI is InChI=1S/C17H25N5O3/c1-10(2)8-14(16(24)25-5)21-15(23)7-6-13-11(3)20-17-18-9-19-22(17)12(13)4/h9-10,14H,6-8H2,1-5H3,(H,21,23). The number of amides is 1. The molecule has 2 aromatic heterocycles. The first kappa shape index (κ1) is 18.8. The lowest BCUT2D eigenvalue weighted by molar-refractivity contribution is -0.145. The molecule has 0 radical (unpaired) electrons. The van der Waals surface area contributed by atoms with Crippen molar-refractivity contribution in [1.82, 2.24) is 24.9 Å². The van der Waals surface area contributed by atoms with Crippen molar-refractivity contribution >= 4 is 17.7 Å². The summed E-state index contributed by atoms with van der Waals surface area (Å²) >= 11 is 0. The molecule has 8 heteroatoms. The lowest BCUT2D eigenvalue weighted by Crippen LogP contribution is -2.42. The highest BCUT2D eigenvalue weighted by Gasteiger charge is 2.22. The van der Waals surface area contributed by atoms with Crippen LogP contribution in [0.25, 0.3) is 5.78 Å². The van der Waals surface area contributed by atoms with Gasteiger partial charge in [-0.2, -0.15) is 10.1 Å². The van der Waals surface area contributed by atoms with Gasteiger partial charge >= 0.3 is 5.97 Å². The molecule has 2 heterocycles. The van der Waals surface area contributed by atoms with Gasteiger partial charge in [-0.1, -0.05) is 13.8 Å². The Hall–Kier alpha value is -2.51. The topological polar surface area (TPSA) is 98.5 Å². The van der Waals surface area contributed by atoms with Gasteiger partial charge in [0, 0.05) is 17.8 Å². The Kier molecular flexibility index (Phi) is 6.06. The average molecular weight is 347 g/mol. The second-order valence-corrected chi connectivity index (χ2v) is 6.51. The molecule has 1 N–H and O–H groups in total. The number of ether oxygens (including phenoxy) is 1. The number of rotatable bonds is 7. The van der Waals surface area contributed by atoms with E-state index in [2.05, 4.69) is 20.4 Å². The molecule has 0 aliphatic carbocycles. The van der Waals surface area contributed by atoms with Crippen molar-refractivity contribution in [3.05, 3.63) is 23.3 Å². The number of hydrogen-bond acceptors (Lipinski definition) is 6. The van der Waals surface area contributed by atoms with Gasteiger partial charge in [0.05, 0.1) is 7.11 Å². The molecule has 2 rings (SSSR count). The predicted molar refractivity (Wildman–Crippen MR) is 92.0 cm³/mol. The molecule has 1 atom stereocenters. The van der Waals surface area contributed by atoms with E-state index in [-0.39, 0.29) is 18.2 Å². The normalized spacial score (nSPS) is 12.4. The number of nitrogens with one attached hydrogen (secondary N) is 1. The molecule has 0 aromatic carbocycles. The first-order chi connectivity index (χ1) is 11.8. The summed E-state index contributed by atoms with van der Waals surface area (Å²) in [6.45, 7) is 7.81. The Morgan fingerprint density at radius 2 is 2.04 bits per heavy atom. The van der Waals surface area contributed by atoms with Gasteiger partial charge in [0.15, 0.2) is 0 Å². The molecule has 0 aliphatic heterocycles. The van der Waals surface area contributed by atoms with Crippen LogP contribution in [0.4, 0.5) is 0 Å². The molecule has 25 heavy (non-hydrogen) atoms. The van der Waals surface area contributed by atoms with Gasteiger partial charge in [0.25, 0.3) is 5.78 Å². The summed E-state index contributed by atoms with van der Waals surface area (Å²) in [6.07, 6.45) is 2.78. The van der Waals surface area contributed by atoms with Gasteiger partial charge < -0.3 is 10.1 Å². The Labute approximate surface area is 147 Å². The number of aromatic nitrogens is 4. The lowest BCUT2D eigenvalue weighted by atomic mass is 10.0. The molecule has 0 saturated carbocycles. The molecule has 136 valence electrons. The second-order valence-electron chi connectivity index (χ2n) is 6.51. The van der Waals surface area contributed by atoms with Crippen LogP contribution in [0.1, 0.15) is 43.6 Å². The van der Waals surface area contributed by atoms with Crippen molar-refractivity contribution in [3.63, 3.8) is 0 Å². The summed E-state index contributed by atoms with van der Waals surface area (Å²) in [4.78, 5) is 32.6. The number of esters is 1. The van der Waals surface area contributed by atoms with E-state index < -0.39 is 12.0 Å². The van der Waals surface area contributed by atoms with Gasteiger partial charge in [-0.15, -0.1) is 0 Å². The number of nitrogens with zero attached hydrogens (tertiary/aromatic N) is 4. The van der Waals surface area contributed by atoms with Crippen LogP contribution >= 0.6 is 0 Å². The van der Waals surface area contributed by atoms with Gasteiger partial charge in [0.1, 0.15) is 12.4 Å². The van der Waals surface area contributed by atoms with E-state index in [0.717, 1.165) is 17.0 Å². The molecular formula is C17H25N5O3. The first-order valence-corrected chi connectivity index (χ1v) is 8.36. The molecule has 1 unspecified atom stereocenters. The number of carbonyl (C=O) groups excluding carboxylic acids is 2. The molecule has 8 nitrogen and oxygen atoms in total. The van der Waals surface area contributed by atoms with Gasteiger partial charge in [-0.05, 0) is 38.2 Å². The minimum atomic E-state index is -0.615. The highest BCUT2D eigenvalue weighted by atomic mass is 16.5. The summed E-state index contributed by atoms with van der Waals surface area (Å²) in [5.41, 5.74) is 2.71. The molecule has 0 fully saturated rings. The number of carbonyl (C=O) groups is 2. The lowest BCUT2D eigenvalue weighted by Gasteiger charge is -2.18. The van der Waals surface area contributed by atoms with E-state index >= 15 is 0 Å². The number of methoxy groups -OCH3 is 1. The number of hydrogen-bond donors (Lipinski definition) is 1. The Morgan fingerprint density at radius 3 is 2.68 bits per heavy atom. The van der Waals surface area contributed by atoms with E-state index in [1.54, 1.807) is 4.52 Å². The van der Waals surface area contributed by atoms with Crippen molar-refractivity contribution < 1.29 is 14.3 Å². The van der Waals surface area contributed by atoms with Crippen LogP contribution in [0.3, 0.4) is 0 Å². The summed E-state index contributed by atoms with van der Waals surface area (Å²) < 4.78 is 6.44. The summed E-state index contributed by atoms with van der Waals surface area (Å²) in [5.74, 6) is 0.215. The molecule has 2 aromatic rings. The van der Waals surface area contributed by atoms with E-state index in [9.17, 15) is 9.59 Å². The molecule has 1 amide bonds. The molecule has 0 spiro atoms. The van der Waals surface area contributed by atoms with E-state index in [1.807, 2.05) is 27.7 Å². The molecule has 0 saturated heterocycles. The smallest absolute Gasteiger partial charge is 0.328 e. The number of aryl methyl sites for hydroxylation is 2. The van der Waals surface area contributed by atoms with E-state index in [4.69, 9.17) is 4.74 Å². The van der Waals surface area contributed by atoms with Crippen molar-refractivity contribution in [1.29, 1.82) is 0 Å². The van der Waals surface area contributed by atoms with Gasteiger partial charge in [0.2, 0.25) is 5.91 Å². The van der Waals surface area contributed by atoms with Crippen LogP contribution in [-0.4, -0.2) is 44.6 Å². The zero-order valence-electron chi connectivity index (χ0n) is 15.4. The Bertz CT molecular complexity index is 769. The van der Waals surface area contributed by atoms with Crippen LogP contribution in [0.2, 0.25) is 0 Å². The third-order valence-electron chi connectivity index (χ3n) is 4.12. The maximum absolute atomic E-state index is 12.3. The third-order valence-corrected chi connectivity index (χ3v) is 4.12. The molecular weight excluding hydrogens is 322 g/mol. The summed E-state index contributed by atoms with van der Waals surface area (Å²) in [7, 11) is 1.33. The maximum Gasteiger partial charge on any atom is 0.328 e. The minimum Gasteiger partial charge on any atom is -0.467 e. The summed E-state index contributed by atoms with van der Waals surface area (Å²) in [6, 6.07) is -0.615. The van der Waals surface area contributed by atoms with Crippen molar-refractivity contribution in [3.8, 4) is 0 Å². The van der Waals surface area contributed by atoms with Crippen LogP contribution in [-0.2, 0) is 20.7 Å². The van der Waals surface area contributed by atoms with Gasteiger partial charge in [-0.3, -0.25) is 4.79 Å². The van der Waals surface area contributed by atoms with E-state index in [1.165, 1.54) is 13.4 Å². The SMILES string of the molecule is COC(=O)C(CC(C)C)NC(=O)CCc1c(C)nc2ncnn2c1C. The monoisotopic (exact) mass is 347 g/mol. The summed E-state index contributed by atoms with van der Waals surface area (Å²) in [5, 5.41) is 6.92. The van der Waals surface area contributed by atoms with Crippen LogP contribution < -0.4 is 5.32 Å².